The summed E-state index contributed by atoms with van der Waals surface area (Å²) in [5, 5.41) is 11.9. The van der Waals surface area contributed by atoms with Crippen molar-refractivity contribution in [2.24, 2.45) is 11.8 Å². The lowest BCUT2D eigenvalue weighted by atomic mass is 9.90. The predicted molar refractivity (Wildman–Crippen MR) is 113 cm³/mol. The molecule has 1 aromatic carbocycles. The number of carbonyl (C=O) groups excluding carboxylic acids is 3. The molecule has 1 saturated heterocycles. The first kappa shape index (κ1) is 23.1. The molecule has 1 atom stereocenters. The van der Waals surface area contributed by atoms with Gasteiger partial charge < -0.3 is 15.0 Å². The number of carbonyl (C=O) groups is 3. The highest BCUT2D eigenvalue weighted by atomic mass is 16.5. The molecule has 2 rings (SSSR count). The summed E-state index contributed by atoms with van der Waals surface area (Å²) in [5.74, 6) is -1.46. The van der Waals surface area contributed by atoms with Gasteiger partial charge in [0.2, 0.25) is 5.91 Å². The molecule has 0 aromatic heterocycles. The van der Waals surface area contributed by atoms with Crippen molar-refractivity contribution in [2.45, 2.75) is 39.2 Å². The van der Waals surface area contributed by atoms with E-state index in [-0.39, 0.29) is 17.7 Å². The van der Waals surface area contributed by atoms with Crippen LogP contribution in [0.25, 0.3) is 6.08 Å². The Morgan fingerprint density at radius 1 is 1.27 bits per heavy atom. The average molecular weight is 412 g/mol. The number of benzene rings is 1. The molecule has 0 radical (unpaired) electrons. The van der Waals surface area contributed by atoms with E-state index in [4.69, 9.17) is 4.74 Å². The smallest absolute Gasteiger partial charge is 0.309 e. The lowest BCUT2D eigenvalue weighted by molar-refractivity contribution is -0.155. The molecule has 30 heavy (non-hydrogen) atoms. The molecule has 1 heterocycles. The summed E-state index contributed by atoms with van der Waals surface area (Å²) in [6, 6.07) is 11.7. The summed E-state index contributed by atoms with van der Waals surface area (Å²) < 4.78 is 5.14. The number of hydrogen-bond donors (Lipinski definition) is 1. The zero-order valence-electron chi connectivity index (χ0n) is 17.8. The van der Waals surface area contributed by atoms with Gasteiger partial charge in [-0.1, -0.05) is 44.2 Å². The van der Waals surface area contributed by atoms with Crippen molar-refractivity contribution in [1.29, 1.82) is 5.26 Å². The highest BCUT2D eigenvalue weighted by molar-refractivity contribution is 5.92. The van der Waals surface area contributed by atoms with Crippen molar-refractivity contribution < 1.29 is 19.1 Å². The molecule has 0 unspecified atom stereocenters. The monoisotopic (exact) mass is 411 g/mol. The SMILES string of the molecule is CC(C)[C@@](C)(C#N)NC(=O)COC(=O)C1CCN(C(=O)/C=C/c2ccccc2)CC1. The summed E-state index contributed by atoms with van der Waals surface area (Å²) in [6.45, 7) is 5.81. The van der Waals surface area contributed by atoms with Crippen LogP contribution in [0.5, 0.6) is 0 Å². The molecule has 0 bridgehead atoms. The third kappa shape index (κ3) is 6.45. The number of rotatable bonds is 7. The lowest BCUT2D eigenvalue weighted by Gasteiger charge is -2.30. The molecular weight excluding hydrogens is 382 g/mol. The summed E-state index contributed by atoms with van der Waals surface area (Å²) in [6.07, 6.45) is 4.30. The van der Waals surface area contributed by atoms with Gasteiger partial charge in [0.05, 0.1) is 12.0 Å². The molecule has 1 fully saturated rings. The molecular formula is C23H29N3O4. The summed E-state index contributed by atoms with van der Waals surface area (Å²) >= 11 is 0. The zero-order valence-corrected chi connectivity index (χ0v) is 17.8. The van der Waals surface area contributed by atoms with Crippen LogP contribution in [0.3, 0.4) is 0 Å². The summed E-state index contributed by atoms with van der Waals surface area (Å²) in [7, 11) is 0. The summed E-state index contributed by atoms with van der Waals surface area (Å²) in [5.41, 5.74) is -0.0600. The number of esters is 1. The maximum Gasteiger partial charge on any atom is 0.309 e. The molecule has 0 saturated carbocycles. The van der Waals surface area contributed by atoms with E-state index in [1.807, 2.05) is 44.2 Å². The van der Waals surface area contributed by atoms with E-state index in [2.05, 4.69) is 11.4 Å². The van der Waals surface area contributed by atoms with Crippen LogP contribution in [0.1, 0.15) is 39.2 Å². The van der Waals surface area contributed by atoms with Crippen molar-refractivity contribution >= 4 is 23.9 Å². The maximum absolute atomic E-state index is 12.3. The lowest BCUT2D eigenvalue weighted by Crippen LogP contribution is -2.50. The molecule has 7 heteroatoms. The van der Waals surface area contributed by atoms with Gasteiger partial charge in [-0.05, 0) is 37.3 Å². The Morgan fingerprint density at radius 2 is 1.90 bits per heavy atom. The van der Waals surface area contributed by atoms with Crippen molar-refractivity contribution in [2.75, 3.05) is 19.7 Å². The van der Waals surface area contributed by atoms with Gasteiger partial charge in [0.25, 0.3) is 5.91 Å². The molecule has 1 aromatic rings. The van der Waals surface area contributed by atoms with Crippen LogP contribution in [-0.2, 0) is 19.1 Å². The van der Waals surface area contributed by atoms with Crippen LogP contribution >= 0.6 is 0 Å². The van der Waals surface area contributed by atoms with Crippen LogP contribution in [0, 0.1) is 23.2 Å². The number of hydrogen-bond acceptors (Lipinski definition) is 5. The summed E-state index contributed by atoms with van der Waals surface area (Å²) in [4.78, 5) is 38.3. The van der Waals surface area contributed by atoms with Crippen molar-refractivity contribution in [3.8, 4) is 6.07 Å². The van der Waals surface area contributed by atoms with Gasteiger partial charge in [-0.3, -0.25) is 14.4 Å². The highest BCUT2D eigenvalue weighted by Crippen LogP contribution is 2.19. The second-order valence-electron chi connectivity index (χ2n) is 7.97. The number of ether oxygens (including phenoxy) is 1. The van der Waals surface area contributed by atoms with E-state index < -0.39 is 24.0 Å². The average Bonchev–Trinajstić information content (AvgIpc) is 2.76. The Morgan fingerprint density at radius 3 is 2.47 bits per heavy atom. The first-order chi connectivity index (χ1) is 14.2. The highest BCUT2D eigenvalue weighted by Gasteiger charge is 2.31. The van der Waals surface area contributed by atoms with E-state index in [1.165, 1.54) is 0 Å². The number of likely N-dealkylation sites (tertiary alicyclic amines) is 1. The third-order valence-corrected chi connectivity index (χ3v) is 5.49. The Kier molecular flexibility index (Phi) is 8.16. The van der Waals surface area contributed by atoms with Crippen LogP contribution in [0.15, 0.2) is 36.4 Å². The van der Waals surface area contributed by atoms with Crippen LogP contribution in [-0.4, -0.2) is 47.9 Å². The largest absolute Gasteiger partial charge is 0.455 e. The Balaban J connectivity index is 1.76. The Hall–Kier alpha value is -3.14. The maximum atomic E-state index is 12.3. The predicted octanol–water partition coefficient (Wildman–Crippen LogP) is 2.54. The van der Waals surface area contributed by atoms with E-state index in [0.717, 1.165) is 5.56 Å². The molecule has 160 valence electrons. The topological polar surface area (TPSA) is 99.5 Å². The van der Waals surface area contributed by atoms with Gasteiger partial charge in [0.1, 0.15) is 5.54 Å². The van der Waals surface area contributed by atoms with E-state index in [9.17, 15) is 19.6 Å². The minimum Gasteiger partial charge on any atom is -0.455 e. The van der Waals surface area contributed by atoms with Crippen molar-refractivity contribution in [1.82, 2.24) is 10.2 Å². The number of piperidine rings is 1. The molecule has 0 spiro atoms. The number of nitrogens with one attached hydrogen (secondary N) is 1. The van der Waals surface area contributed by atoms with Crippen LogP contribution in [0.4, 0.5) is 0 Å². The van der Waals surface area contributed by atoms with Crippen molar-refractivity contribution in [3.63, 3.8) is 0 Å². The first-order valence-electron chi connectivity index (χ1n) is 10.2. The molecule has 1 N–H and O–H groups in total. The van der Waals surface area contributed by atoms with Gasteiger partial charge in [-0.15, -0.1) is 0 Å². The molecule has 1 aliphatic heterocycles. The fourth-order valence-corrected chi connectivity index (χ4v) is 3.05. The molecule has 2 amide bonds. The number of amides is 2. The number of nitriles is 1. The van der Waals surface area contributed by atoms with E-state index in [1.54, 1.807) is 24.0 Å². The van der Waals surface area contributed by atoms with Crippen LogP contribution < -0.4 is 5.32 Å². The quantitative estimate of drug-likeness (QED) is 0.549. The van der Waals surface area contributed by atoms with Gasteiger partial charge in [-0.2, -0.15) is 5.26 Å². The minimum atomic E-state index is -1.01. The van der Waals surface area contributed by atoms with Gasteiger partial charge >= 0.3 is 5.97 Å². The third-order valence-electron chi connectivity index (χ3n) is 5.49. The van der Waals surface area contributed by atoms with Crippen molar-refractivity contribution in [3.05, 3.63) is 42.0 Å². The Labute approximate surface area is 177 Å². The molecule has 0 aliphatic carbocycles. The molecule has 7 nitrogen and oxygen atoms in total. The van der Waals surface area contributed by atoms with Gasteiger partial charge in [-0.25, -0.2) is 0 Å². The second-order valence-corrected chi connectivity index (χ2v) is 7.97. The standard InChI is InChI=1S/C23H29N3O4/c1-17(2)23(3,16-24)25-20(27)15-30-22(29)19-11-13-26(14-12-19)21(28)10-9-18-7-5-4-6-8-18/h4-10,17,19H,11-15H2,1-3H3,(H,25,27)/b10-9+/t23-/m1/s1. The second kappa shape index (κ2) is 10.6. The Bertz CT molecular complexity index is 821. The van der Waals surface area contributed by atoms with E-state index >= 15 is 0 Å². The minimum absolute atomic E-state index is 0.0834. The van der Waals surface area contributed by atoms with Gasteiger partial charge in [0, 0.05) is 19.2 Å². The fourth-order valence-electron chi connectivity index (χ4n) is 3.05. The normalized spacial score (nSPS) is 16.7. The molecule has 1 aliphatic rings. The zero-order chi connectivity index (χ0) is 22.1. The van der Waals surface area contributed by atoms with E-state index in [0.29, 0.717) is 25.9 Å². The first-order valence-corrected chi connectivity index (χ1v) is 10.2. The van der Waals surface area contributed by atoms with Crippen LogP contribution in [0.2, 0.25) is 0 Å². The van der Waals surface area contributed by atoms with Gasteiger partial charge in [0.15, 0.2) is 6.61 Å². The fraction of sp³-hybridized carbons (Fsp3) is 0.478. The number of nitrogens with zero attached hydrogens (tertiary/aromatic N) is 2.